The molecule has 7 heteroatoms. The number of thiazole rings is 1. The molecular weight excluding hydrogens is 336 g/mol. The second kappa shape index (κ2) is 7.49. The third-order valence-electron chi connectivity index (χ3n) is 4.42. The first-order valence-corrected chi connectivity index (χ1v) is 9.50. The first-order valence-electron chi connectivity index (χ1n) is 8.68. The predicted molar refractivity (Wildman–Crippen MR) is 99.6 cm³/mol. The molecule has 3 amide bonds. The number of amides is 3. The standard InChI is InChI=1S/C18H24N4O2S/c1-11(2)19-18(24)21-16(23)12(3)22-10-6-8-14(22)17-20-13-7-4-5-9-15(13)25-17/h4-5,7,9,11-12,14H,6,8,10H2,1-3H3,(H2,19,21,23,24). The Morgan fingerprint density at radius 3 is 2.76 bits per heavy atom. The van der Waals surface area contributed by atoms with Crippen molar-refractivity contribution in [3.63, 3.8) is 0 Å². The summed E-state index contributed by atoms with van der Waals surface area (Å²) in [6.45, 7) is 6.40. The topological polar surface area (TPSA) is 74.3 Å². The van der Waals surface area contributed by atoms with Crippen molar-refractivity contribution in [3.05, 3.63) is 29.3 Å². The van der Waals surface area contributed by atoms with Gasteiger partial charge in [-0.1, -0.05) is 12.1 Å². The largest absolute Gasteiger partial charge is 0.336 e. The number of hydrogen-bond acceptors (Lipinski definition) is 5. The first-order chi connectivity index (χ1) is 12.0. The van der Waals surface area contributed by atoms with Crippen LogP contribution in [0.15, 0.2) is 24.3 Å². The van der Waals surface area contributed by atoms with Gasteiger partial charge < -0.3 is 5.32 Å². The molecule has 0 radical (unpaired) electrons. The Balaban J connectivity index is 1.72. The van der Waals surface area contributed by atoms with E-state index in [0.717, 1.165) is 34.6 Å². The molecule has 134 valence electrons. The number of fused-ring (bicyclic) bond motifs is 1. The van der Waals surface area contributed by atoms with Crippen LogP contribution in [0.5, 0.6) is 0 Å². The average Bonchev–Trinajstić information content (AvgIpc) is 3.19. The summed E-state index contributed by atoms with van der Waals surface area (Å²) in [6.07, 6.45) is 2.01. The Kier molecular flexibility index (Phi) is 5.34. The molecular formula is C18H24N4O2S. The Hall–Kier alpha value is -1.99. The Morgan fingerprint density at radius 1 is 1.28 bits per heavy atom. The van der Waals surface area contributed by atoms with Crippen LogP contribution in [0.1, 0.15) is 44.7 Å². The number of nitrogens with zero attached hydrogens (tertiary/aromatic N) is 2. The molecule has 1 aromatic heterocycles. The van der Waals surface area contributed by atoms with E-state index in [1.807, 2.05) is 39.0 Å². The quantitative estimate of drug-likeness (QED) is 0.879. The van der Waals surface area contributed by atoms with E-state index in [4.69, 9.17) is 4.98 Å². The number of hydrogen-bond donors (Lipinski definition) is 2. The maximum absolute atomic E-state index is 12.4. The van der Waals surface area contributed by atoms with Gasteiger partial charge >= 0.3 is 6.03 Å². The highest BCUT2D eigenvalue weighted by Crippen LogP contribution is 2.37. The lowest BCUT2D eigenvalue weighted by Gasteiger charge is -2.28. The van der Waals surface area contributed by atoms with Gasteiger partial charge in [0.15, 0.2) is 0 Å². The highest BCUT2D eigenvalue weighted by molar-refractivity contribution is 7.18. The number of likely N-dealkylation sites (tertiary alicyclic amines) is 1. The molecule has 1 fully saturated rings. The second-order valence-electron chi connectivity index (χ2n) is 6.71. The van der Waals surface area contributed by atoms with Crippen molar-refractivity contribution >= 4 is 33.5 Å². The molecule has 1 aliphatic rings. The Bertz CT molecular complexity index is 740. The third-order valence-corrected chi connectivity index (χ3v) is 5.56. The summed E-state index contributed by atoms with van der Waals surface area (Å²) in [4.78, 5) is 31.1. The SMILES string of the molecule is CC(C)NC(=O)NC(=O)C(C)N1CCCC1c1nc2ccccc2s1. The number of imide groups is 1. The van der Waals surface area contributed by atoms with Crippen molar-refractivity contribution in [1.82, 2.24) is 20.5 Å². The summed E-state index contributed by atoms with van der Waals surface area (Å²) in [6, 6.07) is 7.39. The molecule has 3 rings (SSSR count). The lowest BCUT2D eigenvalue weighted by molar-refractivity contribution is -0.125. The van der Waals surface area contributed by atoms with Gasteiger partial charge in [-0.2, -0.15) is 0 Å². The molecule has 2 atom stereocenters. The minimum absolute atomic E-state index is 0.00890. The molecule has 0 bridgehead atoms. The van der Waals surface area contributed by atoms with Gasteiger partial charge in [0.1, 0.15) is 5.01 Å². The fourth-order valence-corrected chi connectivity index (χ4v) is 4.34. The zero-order valence-corrected chi connectivity index (χ0v) is 15.6. The fourth-order valence-electron chi connectivity index (χ4n) is 3.22. The molecule has 2 heterocycles. The molecule has 1 aliphatic heterocycles. The highest BCUT2D eigenvalue weighted by Gasteiger charge is 2.35. The van der Waals surface area contributed by atoms with Crippen LogP contribution in [0.3, 0.4) is 0 Å². The minimum Gasteiger partial charge on any atom is -0.336 e. The average molecular weight is 360 g/mol. The van der Waals surface area contributed by atoms with Gasteiger partial charge in [-0.3, -0.25) is 15.0 Å². The van der Waals surface area contributed by atoms with Gasteiger partial charge in [-0.15, -0.1) is 11.3 Å². The zero-order valence-electron chi connectivity index (χ0n) is 14.8. The summed E-state index contributed by atoms with van der Waals surface area (Å²) in [5.74, 6) is -0.272. The maximum Gasteiger partial charge on any atom is 0.321 e. The minimum atomic E-state index is -0.442. The summed E-state index contributed by atoms with van der Waals surface area (Å²) in [7, 11) is 0. The van der Waals surface area contributed by atoms with Gasteiger partial charge in [0.25, 0.3) is 0 Å². The van der Waals surface area contributed by atoms with Gasteiger partial charge in [-0.05, 0) is 52.3 Å². The predicted octanol–water partition coefficient (Wildman–Crippen LogP) is 3.06. The number of nitrogens with one attached hydrogen (secondary N) is 2. The monoisotopic (exact) mass is 360 g/mol. The number of carbonyl (C=O) groups is 2. The van der Waals surface area contributed by atoms with Crippen LogP contribution < -0.4 is 10.6 Å². The third kappa shape index (κ3) is 3.99. The first kappa shape index (κ1) is 17.8. The number of carbonyl (C=O) groups excluding carboxylic acids is 2. The van der Waals surface area contributed by atoms with E-state index in [1.54, 1.807) is 11.3 Å². The van der Waals surface area contributed by atoms with Crippen molar-refractivity contribution in [2.45, 2.75) is 51.7 Å². The van der Waals surface area contributed by atoms with E-state index >= 15 is 0 Å². The normalized spacial score (nSPS) is 19.3. The van der Waals surface area contributed by atoms with Crippen molar-refractivity contribution in [3.8, 4) is 0 Å². The zero-order chi connectivity index (χ0) is 18.0. The van der Waals surface area contributed by atoms with E-state index < -0.39 is 6.03 Å². The summed E-state index contributed by atoms with van der Waals surface area (Å²) in [5.41, 5.74) is 1.00. The Labute approximate surface area is 151 Å². The van der Waals surface area contributed by atoms with Crippen molar-refractivity contribution < 1.29 is 9.59 Å². The fraction of sp³-hybridized carbons (Fsp3) is 0.500. The van der Waals surface area contributed by atoms with Crippen molar-refractivity contribution in [1.29, 1.82) is 0 Å². The smallest absolute Gasteiger partial charge is 0.321 e. The molecule has 6 nitrogen and oxygen atoms in total. The molecule has 0 spiro atoms. The number of benzene rings is 1. The molecule has 1 aromatic carbocycles. The van der Waals surface area contributed by atoms with Gasteiger partial charge in [0.05, 0.1) is 22.3 Å². The van der Waals surface area contributed by atoms with Crippen molar-refractivity contribution in [2.24, 2.45) is 0 Å². The summed E-state index contributed by atoms with van der Waals surface area (Å²) < 4.78 is 1.16. The summed E-state index contributed by atoms with van der Waals surface area (Å²) >= 11 is 1.69. The highest BCUT2D eigenvalue weighted by atomic mass is 32.1. The number of aromatic nitrogens is 1. The summed E-state index contributed by atoms with van der Waals surface area (Å²) in [5, 5.41) is 6.17. The van der Waals surface area contributed by atoms with E-state index in [0.29, 0.717) is 0 Å². The van der Waals surface area contributed by atoms with E-state index in [1.165, 1.54) is 0 Å². The van der Waals surface area contributed by atoms with Crippen molar-refractivity contribution in [2.75, 3.05) is 6.54 Å². The lowest BCUT2D eigenvalue weighted by atomic mass is 10.2. The number of urea groups is 1. The second-order valence-corrected chi connectivity index (χ2v) is 7.77. The number of rotatable bonds is 4. The van der Waals surface area contributed by atoms with Gasteiger partial charge in [-0.25, -0.2) is 9.78 Å². The molecule has 0 aliphatic carbocycles. The molecule has 0 saturated carbocycles. The Morgan fingerprint density at radius 2 is 2.04 bits per heavy atom. The molecule has 2 N–H and O–H groups in total. The molecule has 2 aromatic rings. The van der Waals surface area contributed by atoms with Gasteiger partial charge in [0.2, 0.25) is 5.91 Å². The van der Waals surface area contributed by atoms with E-state index in [9.17, 15) is 9.59 Å². The van der Waals surface area contributed by atoms with Crippen LogP contribution in [0.2, 0.25) is 0 Å². The molecule has 25 heavy (non-hydrogen) atoms. The number of para-hydroxylation sites is 1. The van der Waals surface area contributed by atoms with E-state index in [-0.39, 0.29) is 24.0 Å². The lowest BCUT2D eigenvalue weighted by Crippen LogP contribution is -2.50. The molecule has 2 unspecified atom stereocenters. The van der Waals surface area contributed by atoms with Gasteiger partial charge in [0, 0.05) is 6.04 Å². The van der Waals surface area contributed by atoms with Crippen LogP contribution in [0.25, 0.3) is 10.2 Å². The maximum atomic E-state index is 12.4. The molecule has 1 saturated heterocycles. The van der Waals surface area contributed by atoms with Crippen LogP contribution in [0.4, 0.5) is 4.79 Å². The van der Waals surface area contributed by atoms with Crippen LogP contribution >= 0.6 is 11.3 Å². The van der Waals surface area contributed by atoms with E-state index in [2.05, 4.69) is 21.6 Å². The van der Waals surface area contributed by atoms with Crippen LogP contribution in [-0.4, -0.2) is 40.5 Å². The van der Waals surface area contributed by atoms with Crippen LogP contribution in [-0.2, 0) is 4.79 Å². The van der Waals surface area contributed by atoms with Crippen LogP contribution in [0, 0.1) is 0 Å².